The Morgan fingerprint density at radius 3 is 2.71 bits per heavy atom. The van der Waals surface area contributed by atoms with Crippen molar-refractivity contribution in [1.82, 2.24) is 4.90 Å². The van der Waals surface area contributed by atoms with Crippen molar-refractivity contribution in [2.24, 2.45) is 10.2 Å². The second-order valence-corrected chi connectivity index (χ2v) is 7.45. The number of benzene rings is 2. The van der Waals surface area contributed by atoms with E-state index in [0.29, 0.717) is 17.3 Å². The van der Waals surface area contributed by atoms with Crippen LogP contribution in [0.2, 0.25) is 0 Å². The maximum atomic E-state index is 12.8. The van der Waals surface area contributed by atoms with E-state index in [4.69, 9.17) is 0 Å². The third kappa shape index (κ3) is 4.83. The van der Waals surface area contributed by atoms with Crippen LogP contribution in [0.15, 0.2) is 64.8 Å². The molecule has 0 spiro atoms. The van der Waals surface area contributed by atoms with E-state index in [1.165, 1.54) is 30.1 Å². The molecule has 3 rings (SSSR count). The lowest BCUT2D eigenvalue weighted by Gasteiger charge is -2.15. The van der Waals surface area contributed by atoms with Crippen molar-refractivity contribution in [3.8, 4) is 0 Å². The molecule has 144 valence electrons. The number of thioether (sulfide) groups is 1. The topological polar surface area (TPSA) is 88.2 Å². The maximum absolute atomic E-state index is 12.8. The molecule has 8 heteroatoms. The van der Waals surface area contributed by atoms with Gasteiger partial charge in [-0.25, -0.2) is 0 Å². The molecule has 0 bridgehead atoms. The number of non-ortho nitro benzene ring substituents is 1. The minimum absolute atomic E-state index is 0.00395. The molecule has 1 atom stereocenters. The highest BCUT2D eigenvalue weighted by molar-refractivity contribution is 8.15. The quantitative estimate of drug-likeness (QED) is 0.398. The van der Waals surface area contributed by atoms with Gasteiger partial charge in [-0.15, -0.1) is 5.10 Å². The van der Waals surface area contributed by atoms with E-state index in [1.807, 2.05) is 37.3 Å². The number of amides is 1. The Morgan fingerprint density at radius 1 is 1.21 bits per heavy atom. The Balaban J connectivity index is 1.81. The van der Waals surface area contributed by atoms with Gasteiger partial charge in [-0.1, -0.05) is 67.6 Å². The fraction of sp³-hybridized carbons (Fsp3) is 0.250. The monoisotopic (exact) mass is 396 g/mol. The average molecular weight is 396 g/mol. The predicted octanol–water partition coefficient (Wildman–Crippen LogP) is 4.23. The van der Waals surface area contributed by atoms with Gasteiger partial charge in [0.25, 0.3) is 5.69 Å². The van der Waals surface area contributed by atoms with Crippen molar-refractivity contribution in [1.29, 1.82) is 0 Å². The smallest absolute Gasteiger partial charge is 0.270 e. The van der Waals surface area contributed by atoms with E-state index in [9.17, 15) is 14.9 Å². The van der Waals surface area contributed by atoms with Gasteiger partial charge in [0.05, 0.1) is 22.9 Å². The molecule has 1 unspecified atom stereocenters. The highest BCUT2D eigenvalue weighted by Gasteiger charge is 2.37. The van der Waals surface area contributed by atoms with E-state index >= 15 is 0 Å². The van der Waals surface area contributed by atoms with Crippen LogP contribution in [0, 0.1) is 10.1 Å². The van der Waals surface area contributed by atoms with Crippen LogP contribution in [0.3, 0.4) is 0 Å². The summed E-state index contributed by atoms with van der Waals surface area (Å²) < 4.78 is 0. The van der Waals surface area contributed by atoms with Gasteiger partial charge in [-0.3, -0.25) is 19.8 Å². The number of carbonyl (C=O) groups excluding carboxylic acids is 1. The molecule has 28 heavy (non-hydrogen) atoms. The van der Waals surface area contributed by atoms with Crippen molar-refractivity contribution in [3.05, 3.63) is 75.8 Å². The summed E-state index contributed by atoms with van der Waals surface area (Å²) in [5, 5.41) is 19.6. The lowest BCUT2D eigenvalue weighted by molar-refractivity contribution is -0.384. The summed E-state index contributed by atoms with van der Waals surface area (Å²) in [6.45, 7) is 2.49. The van der Waals surface area contributed by atoms with Crippen molar-refractivity contribution in [2.75, 3.05) is 0 Å². The van der Waals surface area contributed by atoms with Crippen LogP contribution in [0.4, 0.5) is 5.69 Å². The SMILES string of the molecule is CCCC1SC(=NN=Cc2cccc([N+](=O)[O-])c2)N(Cc2ccccc2)C1=O. The largest absolute Gasteiger partial charge is 0.284 e. The highest BCUT2D eigenvalue weighted by Crippen LogP contribution is 2.31. The first kappa shape index (κ1) is 19.8. The van der Waals surface area contributed by atoms with Crippen molar-refractivity contribution < 1.29 is 9.72 Å². The van der Waals surface area contributed by atoms with Crippen LogP contribution >= 0.6 is 11.8 Å². The molecule has 1 amide bonds. The van der Waals surface area contributed by atoms with Gasteiger partial charge in [0, 0.05) is 17.7 Å². The molecule has 2 aromatic carbocycles. The molecular formula is C20H20N4O3S. The Morgan fingerprint density at radius 2 is 2.00 bits per heavy atom. The third-order valence-electron chi connectivity index (χ3n) is 4.19. The van der Waals surface area contributed by atoms with Gasteiger partial charge in [-0.05, 0) is 12.0 Å². The van der Waals surface area contributed by atoms with E-state index in [0.717, 1.165) is 18.4 Å². The molecule has 0 N–H and O–H groups in total. The number of hydrogen-bond acceptors (Lipinski definition) is 6. The first-order valence-corrected chi connectivity index (χ1v) is 9.84. The molecule has 0 aliphatic carbocycles. The zero-order chi connectivity index (χ0) is 19.9. The van der Waals surface area contributed by atoms with Crippen LogP contribution < -0.4 is 0 Å². The fourth-order valence-corrected chi connectivity index (χ4v) is 4.02. The third-order valence-corrected chi connectivity index (χ3v) is 5.42. The molecule has 2 aromatic rings. The van der Waals surface area contributed by atoms with E-state index < -0.39 is 4.92 Å². The summed E-state index contributed by atoms with van der Waals surface area (Å²) in [7, 11) is 0. The number of rotatable bonds is 7. The fourth-order valence-electron chi connectivity index (χ4n) is 2.81. The van der Waals surface area contributed by atoms with Gasteiger partial charge in [-0.2, -0.15) is 5.10 Å². The van der Waals surface area contributed by atoms with Gasteiger partial charge in [0.1, 0.15) is 0 Å². The first-order valence-electron chi connectivity index (χ1n) is 8.96. The highest BCUT2D eigenvalue weighted by atomic mass is 32.2. The van der Waals surface area contributed by atoms with E-state index in [2.05, 4.69) is 10.2 Å². The molecular weight excluding hydrogens is 376 g/mol. The summed E-state index contributed by atoms with van der Waals surface area (Å²) in [6.07, 6.45) is 3.15. The number of nitro benzene ring substituents is 1. The maximum Gasteiger partial charge on any atom is 0.270 e. The Bertz CT molecular complexity index is 915. The minimum Gasteiger partial charge on any atom is -0.284 e. The summed E-state index contributed by atoms with van der Waals surface area (Å²) >= 11 is 1.42. The standard InChI is InChI=1S/C20H20N4O3S/c1-2-7-18-19(25)23(14-15-8-4-3-5-9-15)20(28-18)22-21-13-16-10-6-11-17(12-16)24(26)27/h3-6,8-13,18H,2,7,14H2,1H3. The van der Waals surface area contributed by atoms with Crippen LogP contribution in [-0.2, 0) is 11.3 Å². The Labute approximate surface area is 167 Å². The zero-order valence-electron chi connectivity index (χ0n) is 15.4. The average Bonchev–Trinajstić information content (AvgIpc) is 2.98. The number of nitro groups is 1. The van der Waals surface area contributed by atoms with Crippen molar-refractivity contribution in [3.63, 3.8) is 0 Å². The number of carbonyl (C=O) groups is 1. The van der Waals surface area contributed by atoms with E-state index in [-0.39, 0.29) is 16.8 Å². The lowest BCUT2D eigenvalue weighted by Crippen LogP contribution is -2.31. The van der Waals surface area contributed by atoms with Crippen LogP contribution in [0.5, 0.6) is 0 Å². The lowest BCUT2D eigenvalue weighted by atomic mass is 10.2. The van der Waals surface area contributed by atoms with Crippen molar-refractivity contribution >= 4 is 34.7 Å². The van der Waals surface area contributed by atoms with E-state index in [1.54, 1.807) is 17.0 Å². The molecule has 1 aliphatic heterocycles. The van der Waals surface area contributed by atoms with Crippen LogP contribution in [0.1, 0.15) is 30.9 Å². The zero-order valence-corrected chi connectivity index (χ0v) is 16.2. The molecule has 0 aromatic heterocycles. The molecule has 1 aliphatic rings. The summed E-state index contributed by atoms with van der Waals surface area (Å²) in [5.41, 5.74) is 1.59. The molecule has 1 saturated heterocycles. The number of amidine groups is 1. The normalized spacial score (nSPS) is 18.3. The van der Waals surface area contributed by atoms with Crippen LogP contribution in [-0.4, -0.2) is 32.4 Å². The molecule has 0 saturated carbocycles. The summed E-state index contributed by atoms with van der Waals surface area (Å²) in [4.78, 5) is 24.8. The first-order chi connectivity index (χ1) is 13.6. The predicted molar refractivity (Wildman–Crippen MR) is 111 cm³/mol. The van der Waals surface area contributed by atoms with Gasteiger partial charge in [0.2, 0.25) is 5.91 Å². The molecule has 7 nitrogen and oxygen atoms in total. The van der Waals surface area contributed by atoms with Crippen molar-refractivity contribution in [2.45, 2.75) is 31.6 Å². The molecule has 1 heterocycles. The van der Waals surface area contributed by atoms with Crippen LogP contribution in [0.25, 0.3) is 0 Å². The Hall–Kier alpha value is -3.00. The Kier molecular flexibility index (Phi) is 6.54. The second-order valence-electron chi connectivity index (χ2n) is 6.28. The molecule has 1 fully saturated rings. The number of nitrogens with zero attached hydrogens (tertiary/aromatic N) is 4. The second kappa shape index (κ2) is 9.27. The summed E-state index contributed by atoms with van der Waals surface area (Å²) in [5.74, 6) is 0.0417. The minimum atomic E-state index is -0.453. The van der Waals surface area contributed by atoms with Gasteiger partial charge >= 0.3 is 0 Å². The van der Waals surface area contributed by atoms with Gasteiger partial charge < -0.3 is 0 Å². The number of hydrogen-bond donors (Lipinski definition) is 0. The summed E-state index contributed by atoms with van der Waals surface area (Å²) in [6, 6.07) is 15.9. The molecule has 0 radical (unpaired) electrons. The van der Waals surface area contributed by atoms with Gasteiger partial charge in [0.15, 0.2) is 5.17 Å².